The van der Waals surface area contributed by atoms with Crippen molar-refractivity contribution in [2.75, 3.05) is 4.90 Å². The summed E-state index contributed by atoms with van der Waals surface area (Å²) >= 11 is 0. The Morgan fingerprint density at radius 3 is 1.51 bits per heavy atom. The number of nitrogens with zero attached hydrogens (tertiary/aromatic N) is 1. The highest BCUT2D eigenvalue weighted by molar-refractivity contribution is 5.89. The van der Waals surface area contributed by atoms with Gasteiger partial charge in [-0.15, -0.1) is 0 Å². The van der Waals surface area contributed by atoms with Crippen LogP contribution in [0.3, 0.4) is 0 Å². The van der Waals surface area contributed by atoms with E-state index in [4.69, 9.17) is 0 Å². The highest BCUT2D eigenvalue weighted by atomic mass is 15.1. The molecule has 1 heteroatoms. The molecule has 0 saturated carbocycles. The topological polar surface area (TPSA) is 3.24 Å². The molecule has 37 heavy (non-hydrogen) atoms. The fourth-order valence-corrected chi connectivity index (χ4v) is 4.68. The lowest BCUT2D eigenvalue weighted by Crippen LogP contribution is -2.09. The Labute approximate surface area is 218 Å². The van der Waals surface area contributed by atoms with Crippen molar-refractivity contribution in [1.82, 2.24) is 0 Å². The molecule has 6 rings (SSSR count). The van der Waals surface area contributed by atoms with E-state index in [1.54, 1.807) is 0 Å². The predicted octanol–water partition coefficient (Wildman–Crippen LogP) is 10.1. The van der Waals surface area contributed by atoms with Crippen LogP contribution in [0.4, 0.5) is 17.1 Å². The van der Waals surface area contributed by atoms with Crippen LogP contribution in [0, 0.1) is 0 Å². The average molecular weight is 474 g/mol. The van der Waals surface area contributed by atoms with Crippen LogP contribution in [0.5, 0.6) is 0 Å². The lowest BCUT2D eigenvalue weighted by atomic mass is 10.0. The minimum absolute atomic E-state index is 1.13. The van der Waals surface area contributed by atoms with Gasteiger partial charge in [0, 0.05) is 17.1 Å². The molecule has 1 nitrogen and oxygen atoms in total. The number of fused-ring (bicyclic) bond motifs is 1. The van der Waals surface area contributed by atoms with E-state index in [-0.39, 0.29) is 0 Å². The summed E-state index contributed by atoms with van der Waals surface area (Å²) < 4.78 is 0. The second-order valence-corrected chi connectivity index (χ2v) is 9.12. The number of para-hydroxylation sites is 1. The van der Waals surface area contributed by atoms with Gasteiger partial charge in [-0.25, -0.2) is 0 Å². The van der Waals surface area contributed by atoms with Crippen LogP contribution in [-0.4, -0.2) is 0 Å². The molecule has 0 atom stereocenters. The molecule has 0 unspecified atom stereocenters. The maximum atomic E-state index is 2.31. The van der Waals surface area contributed by atoms with Crippen molar-refractivity contribution in [3.05, 3.63) is 163 Å². The van der Waals surface area contributed by atoms with Gasteiger partial charge in [-0.3, -0.25) is 0 Å². The van der Waals surface area contributed by atoms with Gasteiger partial charge in [0.2, 0.25) is 0 Å². The van der Waals surface area contributed by atoms with E-state index in [0.29, 0.717) is 0 Å². The lowest BCUT2D eigenvalue weighted by Gasteiger charge is -2.26. The third kappa shape index (κ3) is 5.07. The van der Waals surface area contributed by atoms with Crippen molar-refractivity contribution in [1.29, 1.82) is 0 Å². The predicted molar refractivity (Wildman–Crippen MR) is 159 cm³/mol. The smallest absolute Gasteiger partial charge is 0.0468 e. The molecule has 0 bridgehead atoms. The summed E-state index contributed by atoms with van der Waals surface area (Å²) in [6.07, 6.45) is 4.34. The molecule has 0 fully saturated rings. The molecule has 0 aromatic heterocycles. The number of hydrogen-bond donors (Lipinski definition) is 0. The van der Waals surface area contributed by atoms with Gasteiger partial charge in [0.25, 0.3) is 0 Å². The van der Waals surface area contributed by atoms with E-state index in [1.807, 2.05) is 6.07 Å². The van der Waals surface area contributed by atoms with Gasteiger partial charge >= 0.3 is 0 Å². The Morgan fingerprint density at radius 2 is 0.838 bits per heavy atom. The maximum absolute atomic E-state index is 2.31. The minimum atomic E-state index is 1.13. The number of anilines is 3. The van der Waals surface area contributed by atoms with E-state index >= 15 is 0 Å². The van der Waals surface area contributed by atoms with Crippen molar-refractivity contribution >= 4 is 40.0 Å². The van der Waals surface area contributed by atoms with Gasteiger partial charge in [0.05, 0.1) is 0 Å². The molecule has 0 saturated heterocycles. The molecular weight excluding hydrogens is 446 g/mol. The third-order valence-corrected chi connectivity index (χ3v) is 6.64. The van der Waals surface area contributed by atoms with E-state index in [1.165, 1.54) is 33.0 Å². The Hall–Kier alpha value is -4.88. The zero-order chi connectivity index (χ0) is 24.9. The summed E-state index contributed by atoms with van der Waals surface area (Å²) in [5.74, 6) is 0. The van der Waals surface area contributed by atoms with E-state index in [0.717, 1.165) is 17.1 Å². The lowest BCUT2D eigenvalue weighted by molar-refractivity contribution is 1.29. The Bertz CT molecular complexity index is 1630. The molecule has 0 spiro atoms. The molecule has 0 radical (unpaired) electrons. The number of rotatable bonds is 6. The molecule has 0 aliphatic rings. The average Bonchev–Trinajstić information content (AvgIpc) is 2.98. The van der Waals surface area contributed by atoms with Gasteiger partial charge in [0.1, 0.15) is 0 Å². The van der Waals surface area contributed by atoms with Crippen molar-refractivity contribution in [2.45, 2.75) is 0 Å². The highest BCUT2D eigenvalue weighted by Gasteiger charge is 2.12. The first-order valence-corrected chi connectivity index (χ1v) is 12.6. The van der Waals surface area contributed by atoms with Gasteiger partial charge in [-0.2, -0.15) is 0 Å². The fraction of sp³-hybridized carbons (Fsp3) is 0. The first kappa shape index (κ1) is 22.6. The van der Waals surface area contributed by atoms with Crippen LogP contribution >= 0.6 is 0 Å². The van der Waals surface area contributed by atoms with Gasteiger partial charge in [-0.1, -0.05) is 127 Å². The van der Waals surface area contributed by atoms with Crippen LogP contribution in [-0.2, 0) is 0 Å². The standard InChI is InChI=1S/C36H27N/c1-3-9-30(10-4-1)32-21-17-28(18-22-32)15-16-29-19-24-35(25-20-29)37(34-13-5-2-6-14-34)36-26-23-31-11-7-8-12-33(31)27-36/h1-27H. The maximum Gasteiger partial charge on any atom is 0.0468 e. The Balaban J connectivity index is 1.26. The first-order chi connectivity index (χ1) is 18.3. The quantitative estimate of drug-likeness (QED) is 0.217. The minimum Gasteiger partial charge on any atom is -0.310 e. The van der Waals surface area contributed by atoms with Gasteiger partial charge < -0.3 is 4.90 Å². The van der Waals surface area contributed by atoms with Crippen LogP contribution < -0.4 is 4.90 Å². The Kier molecular flexibility index (Phi) is 6.34. The van der Waals surface area contributed by atoms with Crippen LogP contribution in [0.1, 0.15) is 11.1 Å². The monoisotopic (exact) mass is 473 g/mol. The molecule has 0 N–H and O–H groups in total. The summed E-state index contributed by atoms with van der Waals surface area (Å²) in [5, 5.41) is 2.48. The summed E-state index contributed by atoms with van der Waals surface area (Å²) in [5.41, 5.74) is 8.24. The zero-order valence-corrected chi connectivity index (χ0v) is 20.5. The molecular formula is C36H27N. The molecule has 0 aliphatic carbocycles. The van der Waals surface area contributed by atoms with Crippen LogP contribution in [0.25, 0.3) is 34.1 Å². The van der Waals surface area contributed by atoms with Crippen molar-refractivity contribution < 1.29 is 0 Å². The molecule has 6 aromatic rings. The fourth-order valence-electron chi connectivity index (χ4n) is 4.68. The van der Waals surface area contributed by atoms with Crippen LogP contribution in [0.2, 0.25) is 0 Å². The summed E-state index contributed by atoms with van der Waals surface area (Å²) in [6.45, 7) is 0. The number of benzene rings is 6. The van der Waals surface area contributed by atoms with Gasteiger partial charge in [-0.05, 0) is 69.4 Å². The largest absolute Gasteiger partial charge is 0.310 e. The molecule has 176 valence electrons. The summed E-state index contributed by atoms with van der Waals surface area (Å²) in [6, 6.07) is 53.6. The highest BCUT2D eigenvalue weighted by Crippen LogP contribution is 2.36. The first-order valence-electron chi connectivity index (χ1n) is 12.6. The second-order valence-electron chi connectivity index (χ2n) is 9.12. The van der Waals surface area contributed by atoms with Crippen LogP contribution in [0.15, 0.2) is 152 Å². The number of hydrogen-bond acceptors (Lipinski definition) is 1. The van der Waals surface area contributed by atoms with Gasteiger partial charge in [0.15, 0.2) is 0 Å². The molecule has 0 aliphatic heterocycles. The molecule has 0 amide bonds. The summed E-state index contributed by atoms with van der Waals surface area (Å²) in [7, 11) is 0. The third-order valence-electron chi connectivity index (χ3n) is 6.64. The zero-order valence-electron chi connectivity index (χ0n) is 20.5. The molecule has 6 aromatic carbocycles. The second kappa shape index (κ2) is 10.4. The summed E-state index contributed by atoms with van der Waals surface area (Å²) in [4.78, 5) is 2.31. The van der Waals surface area contributed by atoms with E-state index < -0.39 is 0 Å². The Morgan fingerprint density at radius 1 is 0.351 bits per heavy atom. The van der Waals surface area contributed by atoms with Crippen molar-refractivity contribution in [2.24, 2.45) is 0 Å². The normalized spacial score (nSPS) is 11.1. The van der Waals surface area contributed by atoms with E-state index in [2.05, 4.69) is 163 Å². The SMILES string of the molecule is C(=Cc1ccc(N(c2ccccc2)c2ccc3ccccc3c2)cc1)c1ccc(-c2ccccc2)cc1. The molecule has 0 heterocycles. The van der Waals surface area contributed by atoms with Crippen molar-refractivity contribution in [3.63, 3.8) is 0 Å². The van der Waals surface area contributed by atoms with E-state index in [9.17, 15) is 0 Å². The van der Waals surface area contributed by atoms with Crippen molar-refractivity contribution in [3.8, 4) is 11.1 Å².